The molecular weight excluding hydrogens is 436 g/mol. The van der Waals surface area contributed by atoms with Crippen LogP contribution in [0.3, 0.4) is 0 Å². The van der Waals surface area contributed by atoms with E-state index < -0.39 is 6.04 Å². The first-order valence-corrected chi connectivity index (χ1v) is 12.1. The number of benzene rings is 3. The monoisotopic (exact) mass is 466 g/mol. The summed E-state index contributed by atoms with van der Waals surface area (Å²) in [5, 5.41) is 3.57. The van der Waals surface area contributed by atoms with Crippen molar-refractivity contribution in [2.75, 3.05) is 17.3 Å². The molecule has 5 rings (SSSR count). The van der Waals surface area contributed by atoms with E-state index in [0.717, 1.165) is 28.2 Å². The molecule has 0 spiro atoms. The summed E-state index contributed by atoms with van der Waals surface area (Å²) in [6, 6.07) is 23.4. The number of ketones is 1. The lowest BCUT2D eigenvalue weighted by atomic mass is 9.78. The Labute approximate surface area is 206 Å². The Morgan fingerprint density at radius 2 is 1.77 bits per heavy atom. The molecule has 1 amide bonds. The van der Waals surface area contributed by atoms with Crippen molar-refractivity contribution < 1.29 is 14.3 Å². The Bertz CT molecular complexity index is 1310. The minimum Gasteiger partial charge on any atom is -0.497 e. The highest BCUT2D eigenvalue weighted by Gasteiger charge is 2.41. The molecule has 5 heteroatoms. The summed E-state index contributed by atoms with van der Waals surface area (Å²) in [5.41, 5.74) is 6.39. The van der Waals surface area contributed by atoms with E-state index in [1.807, 2.05) is 55.5 Å². The molecule has 0 radical (unpaired) electrons. The van der Waals surface area contributed by atoms with Gasteiger partial charge in [0.2, 0.25) is 5.91 Å². The molecule has 0 unspecified atom stereocenters. The molecule has 1 aliphatic heterocycles. The van der Waals surface area contributed by atoms with E-state index in [1.54, 1.807) is 12.0 Å². The number of Topliss-reactive ketones (excluding diaryl/α,β-unsaturated/α-hetero) is 1. The molecule has 1 heterocycles. The average Bonchev–Trinajstić information content (AvgIpc) is 3.03. The number of aryl methyl sites for hydroxylation is 1. The predicted molar refractivity (Wildman–Crippen MR) is 139 cm³/mol. The molecule has 0 bridgehead atoms. The molecule has 3 aromatic rings. The molecule has 0 fully saturated rings. The molecule has 3 aromatic carbocycles. The van der Waals surface area contributed by atoms with E-state index in [4.69, 9.17) is 4.74 Å². The molecule has 0 saturated heterocycles. The van der Waals surface area contributed by atoms with Gasteiger partial charge in [0.1, 0.15) is 5.75 Å². The number of nitrogens with zero attached hydrogens (tertiary/aromatic N) is 1. The molecule has 1 N–H and O–H groups in total. The lowest BCUT2D eigenvalue weighted by Gasteiger charge is -2.35. The lowest BCUT2D eigenvalue weighted by Crippen LogP contribution is -2.38. The maximum Gasteiger partial charge on any atom is 0.227 e. The fourth-order valence-corrected chi connectivity index (χ4v) is 5.24. The number of para-hydroxylation sites is 2. The van der Waals surface area contributed by atoms with Crippen LogP contribution in [0, 0.1) is 6.92 Å². The molecule has 35 heavy (non-hydrogen) atoms. The Kier molecular flexibility index (Phi) is 6.16. The minimum atomic E-state index is -0.532. The van der Waals surface area contributed by atoms with E-state index in [-0.39, 0.29) is 17.6 Å². The molecule has 0 aromatic heterocycles. The number of anilines is 2. The third-order valence-corrected chi connectivity index (χ3v) is 7.02. The number of ether oxygens (including phenoxy) is 1. The van der Waals surface area contributed by atoms with Crippen LogP contribution < -0.4 is 15.0 Å². The third kappa shape index (κ3) is 4.23. The van der Waals surface area contributed by atoms with Crippen LogP contribution in [-0.2, 0) is 9.59 Å². The van der Waals surface area contributed by atoms with Crippen molar-refractivity contribution in [2.24, 2.45) is 0 Å². The number of hydrogen-bond donors (Lipinski definition) is 1. The van der Waals surface area contributed by atoms with Crippen molar-refractivity contribution in [3.8, 4) is 5.75 Å². The van der Waals surface area contributed by atoms with Gasteiger partial charge in [0.15, 0.2) is 5.78 Å². The fraction of sp³-hybridized carbons (Fsp3) is 0.267. The molecule has 5 nitrogen and oxygen atoms in total. The highest BCUT2D eigenvalue weighted by Crippen LogP contribution is 2.47. The molecule has 178 valence electrons. The Hall–Kier alpha value is -3.86. The summed E-state index contributed by atoms with van der Waals surface area (Å²) in [7, 11) is 1.63. The SMILES string of the molecule is CCC(=O)N1c2ccccc2NC2=C(C(=O)C[C@@H](c3ccc(C)cc3)C2)[C@@H]1c1cccc(OC)c1. The molecule has 2 aliphatic rings. The Morgan fingerprint density at radius 1 is 1.00 bits per heavy atom. The van der Waals surface area contributed by atoms with E-state index in [2.05, 4.69) is 36.5 Å². The minimum absolute atomic E-state index is 0.0331. The third-order valence-electron chi connectivity index (χ3n) is 7.02. The van der Waals surface area contributed by atoms with Crippen molar-refractivity contribution >= 4 is 23.1 Å². The van der Waals surface area contributed by atoms with Gasteiger partial charge in [-0.1, -0.05) is 61.0 Å². The summed E-state index contributed by atoms with van der Waals surface area (Å²) in [6.45, 7) is 3.93. The normalized spacial score (nSPS) is 19.4. The first-order chi connectivity index (χ1) is 17.0. The number of fused-ring (bicyclic) bond motifs is 1. The number of carbonyl (C=O) groups excluding carboxylic acids is 2. The summed E-state index contributed by atoms with van der Waals surface area (Å²) >= 11 is 0. The van der Waals surface area contributed by atoms with Crippen LogP contribution in [0.1, 0.15) is 54.8 Å². The standard InChI is InChI=1S/C30H30N2O3/c1-4-28(34)32-26-11-6-5-10-24(26)31-25-17-22(20-14-12-19(2)13-15-20)18-27(33)29(25)30(32)21-8-7-9-23(16-21)35-3/h5-16,22,30-31H,4,17-18H2,1-3H3/t22-,30-/m0/s1. The van der Waals surface area contributed by atoms with E-state index in [9.17, 15) is 9.59 Å². The number of amides is 1. The van der Waals surface area contributed by atoms with Gasteiger partial charge in [0.25, 0.3) is 0 Å². The van der Waals surface area contributed by atoms with Crippen LogP contribution in [0.15, 0.2) is 84.1 Å². The second-order valence-corrected chi connectivity index (χ2v) is 9.27. The Morgan fingerprint density at radius 3 is 2.51 bits per heavy atom. The first-order valence-electron chi connectivity index (χ1n) is 12.1. The van der Waals surface area contributed by atoms with Gasteiger partial charge in [-0.05, 0) is 54.7 Å². The van der Waals surface area contributed by atoms with Crippen LogP contribution in [-0.4, -0.2) is 18.8 Å². The quantitative estimate of drug-likeness (QED) is 0.489. The highest BCUT2D eigenvalue weighted by molar-refractivity contribution is 6.06. The van der Waals surface area contributed by atoms with Crippen LogP contribution in [0.2, 0.25) is 0 Å². The zero-order valence-corrected chi connectivity index (χ0v) is 20.4. The zero-order valence-electron chi connectivity index (χ0n) is 20.4. The summed E-state index contributed by atoms with van der Waals surface area (Å²) in [6.07, 6.45) is 1.44. The van der Waals surface area contributed by atoms with Crippen molar-refractivity contribution in [2.45, 2.75) is 45.1 Å². The number of rotatable bonds is 4. The van der Waals surface area contributed by atoms with Gasteiger partial charge < -0.3 is 10.1 Å². The van der Waals surface area contributed by atoms with Gasteiger partial charge in [-0.2, -0.15) is 0 Å². The fourth-order valence-electron chi connectivity index (χ4n) is 5.24. The number of allylic oxidation sites excluding steroid dienone is 1. The number of methoxy groups -OCH3 is 1. The van der Waals surface area contributed by atoms with Gasteiger partial charge in [0.05, 0.1) is 24.5 Å². The van der Waals surface area contributed by atoms with Crippen LogP contribution in [0.5, 0.6) is 5.75 Å². The Balaban J connectivity index is 1.70. The van der Waals surface area contributed by atoms with Crippen molar-refractivity contribution in [3.05, 3.63) is 101 Å². The maximum atomic E-state index is 13.9. The smallest absolute Gasteiger partial charge is 0.227 e. The molecule has 0 saturated carbocycles. The van der Waals surface area contributed by atoms with Crippen LogP contribution >= 0.6 is 0 Å². The van der Waals surface area contributed by atoms with E-state index in [0.29, 0.717) is 30.6 Å². The topological polar surface area (TPSA) is 58.6 Å². The van der Waals surface area contributed by atoms with Gasteiger partial charge in [-0.25, -0.2) is 0 Å². The van der Waals surface area contributed by atoms with Gasteiger partial charge >= 0.3 is 0 Å². The molecule has 2 atom stereocenters. The summed E-state index contributed by atoms with van der Waals surface area (Å²) < 4.78 is 5.50. The number of carbonyl (C=O) groups is 2. The number of nitrogens with one attached hydrogen (secondary N) is 1. The maximum absolute atomic E-state index is 13.9. The summed E-state index contributed by atoms with van der Waals surface area (Å²) in [4.78, 5) is 29.2. The van der Waals surface area contributed by atoms with E-state index in [1.165, 1.54) is 5.56 Å². The van der Waals surface area contributed by atoms with Gasteiger partial charge in [-0.15, -0.1) is 0 Å². The first kappa shape index (κ1) is 22.9. The van der Waals surface area contributed by atoms with Gasteiger partial charge in [0, 0.05) is 24.1 Å². The van der Waals surface area contributed by atoms with E-state index >= 15 is 0 Å². The largest absolute Gasteiger partial charge is 0.497 e. The van der Waals surface area contributed by atoms with Crippen LogP contribution in [0.4, 0.5) is 11.4 Å². The summed E-state index contributed by atoms with van der Waals surface area (Å²) in [5.74, 6) is 0.814. The molecule has 1 aliphatic carbocycles. The highest BCUT2D eigenvalue weighted by atomic mass is 16.5. The second-order valence-electron chi connectivity index (χ2n) is 9.27. The van der Waals surface area contributed by atoms with Gasteiger partial charge in [-0.3, -0.25) is 14.5 Å². The van der Waals surface area contributed by atoms with Crippen LogP contribution in [0.25, 0.3) is 0 Å². The zero-order chi connectivity index (χ0) is 24.5. The van der Waals surface area contributed by atoms with Crippen molar-refractivity contribution in [3.63, 3.8) is 0 Å². The molecular formula is C30H30N2O3. The lowest BCUT2D eigenvalue weighted by molar-refractivity contribution is -0.119. The average molecular weight is 467 g/mol. The predicted octanol–water partition coefficient (Wildman–Crippen LogP) is 6.31. The second kappa shape index (κ2) is 9.41. The van der Waals surface area contributed by atoms with Crippen molar-refractivity contribution in [1.29, 1.82) is 0 Å². The number of hydrogen-bond acceptors (Lipinski definition) is 4. The van der Waals surface area contributed by atoms with Crippen molar-refractivity contribution in [1.82, 2.24) is 0 Å².